The molecule has 0 aromatic heterocycles. The molecule has 0 atom stereocenters. The standard InChI is InChI=1S/C11H24N2O2.C2H6/c1-11(2,3)15-10(14)13-9-7-5-6-8-12-4;1-2/h12H,5-9H2,1-4H3,(H,13,14);1-2H3. The molecule has 0 radical (unpaired) electrons. The first-order valence-corrected chi connectivity index (χ1v) is 6.57. The molecule has 0 heterocycles. The number of hydrogen-bond acceptors (Lipinski definition) is 3. The Kier molecular flexibility index (Phi) is 12.8. The van der Waals surface area contributed by atoms with Crippen LogP contribution in [0.1, 0.15) is 53.9 Å². The van der Waals surface area contributed by atoms with Gasteiger partial charge in [-0.05, 0) is 47.2 Å². The number of carbonyl (C=O) groups is 1. The van der Waals surface area contributed by atoms with Gasteiger partial charge in [-0.1, -0.05) is 20.3 Å². The van der Waals surface area contributed by atoms with Crippen molar-refractivity contribution < 1.29 is 9.53 Å². The van der Waals surface area contributed by atoms with E-state index >= 15 is 0 Å². The number of carbonyl (C=O) groups excluding carboxylic acids is 1. The highest BCUT2D eigenvalue weighted by atomic mass is 16.6. The maximum Gasteiger partial charge on any atom is 0.407 e. The molecule has 0 bridgehead atoms. The zero-order valence-corrected chi connectivity index (χ0v) is 12.4. The summed E-state index contributed by atoms with van der Waals surface area (Å²) in [5, 5.41) is 5.82. The van der Waals surface area contributed by atoms with E-state index in [1.807, 2.05) is 41.7 Å². The van der Waals surface area contributed by atoms with Crippen molar-refractivity contribution in [2.45, 2.75) is 59.5 Å². The molecule has 0 aromatic carbocycles. The Morgan fingerprint density at radius 3 is 2.06 bits per heavy atom. The first-order chi connectivity index (χ1) is 7.95. The molecule has 0 rings (SSSR count). The summed E-state index contributed by atoms with van der Waals surface area (Å²) in [5.74, 6) is 0. The fourth-order valence-corrected chi connectivity index (χ4v) is 1.11. The number of hydrogen-bond donors (Lipinski definition) is 2. The van der Waals surface area contributed by atoms with Crippen LogP contribution in [0.2, 0.25) is 0 Å². The smallest absolute Gasteiger partial charge is 0.407 e. The second-order valence-electron chi connectivity index (χ2n) is 4.59. The highest BCUT2D eigenvalue weighted by Gasteiger charge is 2.15. The van der Waals surface area contributed by atoms with Crippen molar-refractivity contribution in [3.63, 3.8) is 0 Å². The summed E-state index contributed by atoms with van der Waals surface area (Å²) in [6.45, 7) is 11.3. The summed E-state index contributed by atoms with van der Waals surface area (Å²) in [5.41, 5.74) is -0.407. The molecule has 0 aliphatic carbocycles. The maximum atomic E-state index is 11.2. The number of unbranched alkanes of at least 4 members (excludes halogenated alkanes) is 2. The van der Waals surface area contributed by atoms with E-state index in [-0.39, 0.29) is 6.09 Å². The lowest BCUT2D eigenvalue weighted by Gasteiger charge is -2.19. The zero-order chi connectivity index (χ0) is 13.7. The van der Waals surface area contributed by atoms with Gasteiger partial charge in [-0.2, -0.15) is 0 Å². The van der Waals surface area contributed by atoms with Crippen LogP contribution in [-0.4, -0.2) is 31.8 Å². The fourth-order valence-electron chi connectivity index (χ4n) is 1.11. The zero-order valence-electron chi connectivity index (χ0n) is 12.4. The third kappa shape index (κ3) is 17.8. The van der Waals surface area contributed by atoms with Gasteiger partial charge in [-0.3, -0.25) is 0 Å². The molecule has 104 valence electrons. The Hall–Kier alpha value is -0.770. The molecule has 4 nitrogen and oxygen atoms in total. The average molecular weight is 246 g/mol. The van der Waals surface area contributed by atoms with Gasteiger partial charge in [0.2, 0.25) is 0 Å². The van der Waals surface area contributed by atoms with E-state index in [1.165, 1.54) is 0 Å². The topological polar surface area (TPSA) is 50.4 Å². The van der Waals surface area contributed by atoms with Crippen LogP contribution in [0.3, 0.4) is 0 Å². The quantitative estimate of drug-likeness (QED) is 0.708. The number of ether oxygens (including phenoxy) is 1. The van der Waals surface area contributed by atoms with Crippen molar-refractivity contribution in [1.82, 2.24) is 10.6 Å². The molecule has 1 amide bonds. The summed E-state index contributed by atoms with van der Waals surface area (Å²) in [4.78, 5) is 11.2. The number of nitrogens with one attached hydrogen (secondary N) is 2. The molecular weight excluding hydrogens is 216 g/mol. The van der Waals surface area contributed by atoms with Crippen LogP contribution < -0.4 is 10.6 Å². The molecule has 2 N–H and O–H groups in total. The van der Waals surface area contributed by atoms with Crippen molar-refractivity contribution in [1.29, 1.82) is 0 Å². The van der Waals surface area contributed by atoms with Crippen molar-refractivity contribution in [2.24, 2.45) is 0 Å². The van der Waals surface area contributed by atoms with Gasteiger partial charge in [0.25, 0.3) is 0 Å². The van der Waals surface area contributed by atoms with Gasteiger partial charge in [0.05, 0.1) is 0 Å². The van der Waals surface area contributed by atoms with Crippen molar-refractivity contribution >= 4 is 6.09 Å². The number of rotatable bonds is 6. The van der Waals surface area contributed by atoms with Gasteiger partial charge in [-0.15, -0.1) is 0 Å². The largest absolute Gasteiger partial charge is 0.444 e. The van der Waals surface area contributed by atoms with E-state index in [1.54, 1.807) is 0 Å². The van der Waals surface area contributed by atoms with Gasteiger partial charge < -0.3 is 15.4 Å². The van der Waals surface area contributed by atoms with Gasteiger partial charge in [0.1, 0.15) is 5.60 Å². The van der Waals surface area contributed by atoms with Crippen LogP contribution in [0.15, 0.2) is 0 Å². The van der Waals surface area contributed by atoms with Gasteiger partial charge >= 0.3 is 6.09 Å². The van der Waals surface area contributed by atoms with E-state index < -0.39 is 5.60 Å². The molecule has 0 aliphatic rings. The first-order valence-electron chi connectivity index (χ1n) is 6.57. The summed E-state index contributed by atoms with van der Waals surface area (Å²) in [6, 6.07) is 0. The SMILES string of the molecule is CC.CNCCCCCNC(=O)OC(C)(C)C. The van der Waals surface area contributed by atoms with Crippen LogP contribution in [0.25, 0.3) is 0 Å². The fraction of sp³-hybridized carbons (Fsp3) is 0.923. The van der Waals surface area contributed by atoms with Crippen LogP contribution in [-0.2, 0) is 4.74 Å². The predicted octanol–water partition coefficient (Wildman–Crippen LogP) is 2.93. The highest BCUT2D eigenvalue weighted by molar-refractivity contribution is 5.67. The Balaban J connectivity index is 0. The summed E-state index contributed by atoms with van der Waals surface area (Å²) in [7, 11) is 1.94. The Labute approximate surface area is 106 Å². The molecule has 0 aromatic rings. The maximum absolute atomic E-state index is 11.2. The Morgan fingerprint density at radius 1 is 1.06 bits per heavy atom. The minimum absolute atomic E-state index is 0.323. The lowest BCUT2D eigenvalue weighted by molar-refractivity contribution is 0.0527. The van der Waals surface area contributed by atoms with Gasteiger partial charge in [0.15, 0.2) is 0 Å². The van der Waals surface area contributed by atoms with Crippen LogP contribution >= 0.6 is 0 Å². The third-order valence-electron chi connectivity index (χ3n) is 1.77. The van der Waals surface area contributed by atoms with Crippen LogP contribution in [0.5, 0.6) is 0 Å². The van der Waals surface area contributed by atoms with E-state index in [0.29, 0.717) is 6.54 Å². The summed E-state index contributed by atoms with van der Waals surface area (Å²) >= 11 is 0. The Morgan fingerprint density at radius 2 is 1.59 bits per heavy atom. The lowest BCUT2D eigenvalue weighted by Crippen LogP contribution is -2.33. The number of amides is 1. The second kappa shape index (κ2) is 11.7. The van der Waals surface area contributed by atoms with Crippen molar-refractivity contribution in [2.75, 3.05) is 20.1 Å². The van der Waals surface area contributed by atoms with Gasteiger partial charge in [-0.25, -0.2) is 4.79 Å². The highest BCUT2D eigenvalue weighted by Crippen LogP contribution is 2.06. The average Bonchev–Trinajstić information content (AvgIpc) is 2.23. The normalized spacial score (nSPS) is 10.2. The van der Waals surface area contributed by atoms with Crippen molar-refractivity contribution in [3.05, 3.63) is 0 Å². The molecule has 4 heteroatoms. The molecule has 0 aliphatic heterocycles. The molecule has 0 spiro atoms. The van der Waals surface area contributed by atoms with E-state index in [0.717, 1.165) is 25.8 Å². The number of alkyl carbamates (subject to hydrolysis) is 1. The summed E-state index contributed by atoms with van der Waals surface area (Å²) < 4.78 is 5.10. The molecular formula is C13H30N2O2. The molecule has 0 unspecified atom stereocenters. The molecule has 0 saturated heterocycles. The van der Waals surface area contributed by atoms with Crippen LogP contribution in [0.4, 0.5) is 4.79 Å². The second-order valence-corrected chi connectivity index (χ2v) is 4.59. The van der Waals surface area contributed by atoms with Gasteiger partial charge in [0, 0.05) is 6.54 Å². The van der Waals surface area contributed by atoms with E-state index in [4.69, 9.17) is 4.74 Å². The van der Waals surface area contributed by atoms with Crippen LogP contribution in [0, 0.1) is 0 Å². The lowest BCUT2D eigenvalue weighted by atomic mass is 10.2. The minimum atomic E-state index is -0.407. The molecule has 0 saturated carbocycles. The molecule has 0 fully saturated rings. The minimum Gasteiger partial charge on any atom is -0.444 e. The van der Waals surface area contributed by atoms with E-state index in [9.17, 15) is 4.79 Å². The predicted molar refractivity (Wildman–Crippen MR) is 73.4 cm³/mol. The first kappa shape index (κ1) is 18.6. The Bertz CT molecular complexity index is 177. The summed E-state index contributed by atoms with van der Waals surface area (Å²) in [6.07, 6.45) is 2.94. The third-order valence-corrected chi connectivity index (χ3v) is 1.77. The van der Waals surface area contributed by atoms with E-state index in [2.05, 4.69) is 10.6 Å². The monoisotopic (exact) mass is 246 g/mol. The van der Waals surface area contributed by atoms with Crippen molar-refractivity contribution in [3.8, 4) is 0 Å². The molecule has 17 heavy (non-hydrogen) atoms.